The van der Waals surface area contributed by atoms with Crippen molar-refractivity contribution in [1.82, 2.24) is 24.8 Å². The number of amides is 2. The lowest BCUT2D eigenvalue weighted by Gasteiger charge is -2.35. The summed E-state index contributed by atoms with van der Waals surface area (Å²) in [5.41, 5.74) is 3.17. The van der Waals surface area contributed by atoms with Crippen molar-refractivity contribution in [2.24, 2.45) is 0 Å². The smallest absolute Gasteiger partial charge is 0.320 e. The zero-order valence-corrected chi connectivity index (χ0v) is 14.3. The largest absolute Gasteiger partial charge is 0.325 e. The fraction of sp³-hybridized carbons (Fsp3) is 0.474. The molecule has 6 heteroatoms. The van der Waals surface area contributed by atoms with E-state index in [-0.39, 0.29) is 11.9 Å². The Morgan fingerprint density at radius 2 is 1.76 bits per heavy atom. The summed E-state index contributed by atoms with van der Waals surface area (Å²) >= 11 is 0. The maximum atomic E-state index is 12.7. The predicted octanol–water partition coefficient (Wildman–Crippen LogP) is 2.93. The highest BCUT2D eigenvalue weighted by Gasteiger charge is 2.30. The van der Waals surface area contributed by atoms with Crippen molar-refractivity contribution < 1.29 is 4.79 Å². The minimum atomic E-state index is 0.196. The predicted molar refractivity (Wildman–Crippen MR) is 95.0 cm³/mol. The summed E-state index contributed by atoms with van der Waals surface area (Å²) in [7, 11) is 0. The van der Waals surface area contributed by atoms with Gasteiger partial charge in [-0.1, -0.05) is 0 Å². The molecule has 4 rings (SSSR count). The molecule has 0 N–H and O–H groups in total. The van der Waals surface area contributed by atoms with Gasteiger partial charge in [0.2, 0.25) is 0 Å². The number of carbonyl (C=O) groups excluding carboxylic acids is 1. The quantitative estimate of drug-likeness (QED) is 0.845. The van der Waals surface area contributed by atoms with Gasteiger partial charge in [0, 0.05) is 56.3 Å². The van der Waals surface area contributed by atoms with E-state index in [0.717, 1.165) is 68.7 Å². The van der Waals surface area contributed by atoms with Crippen LogP contribution in [-0.2, 0) is 0 Å². The fourth-order valence-corrected chi connectivity index (χ4v) is 3.90. The van der Waals surface area contributed by atoms with Crippen molar-refractivity contribution in [1.29, 1.82) is 0 Å². The third-order valence-electron chi connectivity index (χ3n) is 5.19. The normalized spacial score (nSPS) is 20.7. The fourth-order valence-electron chi connectivity index (χ4n) is 3.90. The van der Waals surface area contributed by atoms with Crippen molar-refractivity contribution in [2.75, 3.05) is 26.2 Å². The third kappa shape index (κ3) is 3.34. The van der Waals surface area contributed by atoms with E-state index in [1.54, 1.807) is 18.7 Å². The molecule has 2 aliphatic rings. The van der Waals surface area contributed by atoms with Crippen LogP contribution < -0.4 is 0 Å². The molecule has 2 fully saturated rings. The molecule has 0 spiro atoms. The molecule has 0 aliphatic carbocycles. The van der Waals surface area contributed by atoms with Gasteiger partial charge in [-0.15, -0.1) is 0 Å². The molecule has 0 saturated carbocycles. The lowest BCUT2D eigenvalue weighted by Crippen LogP contribution is -2.46. The van der Waals surface area contributed by atoms with Crippen LogP contribution in [0.25, 0.3) is 11.1 Å². The van der Waals surface area contributed by atoms with E-state index in [1.165, 1.54) is 0 Å². The average molecular weight is 337 g/mol. The molecule has 0 aromatic carbocycles. The van der Waals surface area contributed by atoms with Crippen molar-refractivity contribution in [3.63, 3.8) is 0 Å². The molecule has 2 aromatic heterocycles. The van der Waals surface area contributed by atoms with Crippen LogP contribution in [0, 0.1) is 0 Å². The van der Waals surface area contributed by atoms with E-state index >= 15 is 0 Å². The van der Waals surface area contributed by atoms with Crippen LogP contribution in [0.4, 0.5) is 4.79 Å². The minimum Gasteiger partial charge on any atom is -0.325 e. The number of aromatic nitrogens is 3. The lowest BCUT2D eigenvalue weighted by atomic mass is 9.90. The number of piperidine rings is 1. The molecule has 0 radical (unpaired) electrons. The van der Waals surface area contributed by atoms with Gasteiger partial charge in [-0.25, -0.2) is 14.8 Å². The summed E-state index contributed by atoms with van der Waals surface area (Å²) in [6, 6.07) is 4.16. The number of carbonyl (C=O) groups is 1. The second-order valence-electron chi connectivity index (χ2n) is 6.82. The van der Waals surface area contributed by atoms with Crippen molar-refractivity contribution >= 4 is 6.03 Å². The molecule has 0 bridgehead atoms. The van der Waals surface area contributed by atoms with Crippen molar-refractivity contribution in [3.05, 3.63) is 42.7 Å². The van der Waals surface area contributed by atoms with Crippen molar-refractivity contribution in [3.8, 4) is 11.1 Å². The van der Waals surface area contributed by atoms with Crippen LogP contribution in [0.5, 0.6) is 0 Å². The standard InChI is InChI=1S/C19H23N5O/c25-19(23-9-1-2-10-23)24-11-3-4-16(13-24)18-17(12-21-14-22-18)15-5-7-20-8-6-15/h5-8,12,14,16H,1-4,9-11,13H2/t16-/m0/s1. The number of hydrogen-bond donors (Lipinski definition) is 0. The number of rotatable bonds is 2. The molecule has 6 nitrogen and oxygen atoms in total. The Morgan fingerprint density at radius 3 is 2.56 bits per heavy atom. The van der Waals surface area contributed by atoms with E-state index in [4.69, 9.17) is 0 Å². The minimum absolute atomic E-state index is 0.196. The van der Waals surface area contributed by atoms with E-state index in [9.17, 15) is 4.79 Å². The molecule has 130 valence electrons. The molecule has 25 heavy (non-hydrogen) atoms. The maximum absolute atomic E-state index is 12.7. The van der Waals surface area contributed by atoms with E-state index in [2.05, 4.69) is 15.0 Å². The summed E-state index contributed by atoms with van der Waals surface area (Å²) in [5.74, 6) is 0.256. The highest BCUT2D eigenvalue weighted by atomic mass is 16.2. The molecule has 2 aromatic rings. The van der Waals surface area contributed by atoms with Gasteiger partial charge in [-0.3, -0.25) is 4.98 Å². The molecular weight excluding hydrogens is 314 g/mol. The van der Waals surface area contributed by atoms with Gasteiger partial charge in [-0.05, 0) is 43.4 Å². The summed E-state index contributed by atoms with van der Waals surface area (Å²) in [6.07, 6.45) is 11.4. The molecule has 2 aliphatic heterocycles. The second kappa shape index (κ2) is 7.17. The van der Waals surface area contributed by atoms with Crippen LogP contribution in [0.3, 0.4) is 0 Å². The highest BCUT2D eigenvalue weighted by Crippen LogP contribution is 2.32. The Labute approximate surface area is 147 Å². The first-order valence-electron chi connectivity index (χ1n) is 9.07. The van der Waals surface area contributed by atoms with E-state index < -0.39 is 0 Å². The molecular formula is C19H23N5O. The van der Waals surface area contributed by atoms with Gasteiger partial charge in [0.15, 0.2) is 0 Å². The number of urea groups is 1. The molecule has 1 atom stereocenters. The molecule has 2 saturated heterocycles. The third-order valence-corrected chi connectivity index (χ3v) is 5.19. The van der Waals surface area contributed by atoms with Gasteiger partial charge < -0.3 is 9.80 Å². The summed E-state index contributed by atoms with van der Waals surface area (Å²) < 4.78 is 0. The average Bonchev–Trinajstić information content (AvgIpc) is 3.23. The van der Waals surface area contributed by atoms with Gasteiger partial charge in [0.1, 0.15) is 6.33 Å². The summed E-state index contributed by atoms with van der Waals surface area (Å²) in [5, 5.41) is 0. The zero-order valence-electron chi connectivity index (χ0n) is 14.3. The molecule has 2 amide bonds. The number of likely N-dealkylation sites (tertiary alicyclic amines) is 2. The second-order valence-corrected chi connectivity index (χ2v) is 6.82. The van der Waals surface area contributed by atoms with Crippen molar-refractivity contribution in [2.45, 2.75) is 31.6 Å². The van der Waals surface area contributed by atoms with Gasteiger partial charge in [0.25, 0.3) is 0 Å². The first-order chi connectivity index (χ1) is 12.3. The van der Waals surface area contributed by atoms with Crippen LogP contribution in [0.2, 0.25) is 0 Å². The van der Waals surface area contributed by atoms with Gasteiger partial charge in [-0.2, -0.15) is 0 Å². The maximum Gasteiger partial charge on any atom is 0.320 e. The van der Waals surface area contributed by atoms with Crippen LogP contribution in [0.1, 0.15) is 37.3 Å². The zero-order chi connectivity index (χ0) is 17.1. The van der Waals surface area contributed by atoms with E-state index in [0.29, 0.717) is 0 Å². The molecule has 0 unspecified atom stereocenters. The van der Waals surface area contributed by atoms with Crippen LogP contribution in [-0.4, -0.2) is 57.0 Å². The SMILES string of the molecule is O=C(N1CCCC1)N1CCC[C@H](c2ncncc2-c2ccncc2)C1. The Balaban J connectivity index is 1.57. The monoisotopic (exact) mass is 337 g/mol. The van der Waals surface area contributed by atoms with Gasteiger partial charge >= 0.3 is 6.03 Å². The van der Waals surface area contributed by atoms with Crippen LogP contribution >= 0.6 is 0 Å². The Bertz CT molecular complexity index is 730. The first kappa shape index (κ1) is 16.0. The Hall–Kier alpha value is -2.50. The van der Waals surface area contributed by atoms with E-state index in [1.807, 2.05) is 28.1 Å². The number of pyridine rings is 1. The lowest BCUT2D eigenvalue weighted by molar-refractivity contribution is 0.146. The summed E-state index contributed by atoms with van der Waals surface area (Å²) in [6.45, 7) is 3.39. The topological polar surface area (TPSA) is 62.2 Å². The number of nitrogens with zero attached hydrogens (tertiary/aromatic N) is 5. The van der Waals surface area contributed by atoms with Gasteiger partial charge in [0.05, 0.1) is 5.69 Å². The first-order valence-corrected chi connectivity index (χ1v) is 9.07. The summed E-state index contributed by atoms with van der Waals surface area (Å²) in [4.78, 5) is 29.6. The number of hydrogen-bond acceptors (Lipinski definition) is 4. The Kier molecular flexibility index (Phi) is 4.59. The molecule has 4 heterocycles. The highest BCUT2D eigenvalue weighted by molar-refractivity contribution is 5.75. The Morgan fingerprint density at radius 1 is 1.00 bits per heavy atom. The van der Waals surface area contributed by atoms with Crippen LogP contribution in [0.15, 0.2) is 37.1 Å².